The summed E-state index contributed by atoms with van der Waals surface area (Å²) >= 11 is 19.9. The normalized spacial score (nSPS) is 17.0. The fourth-order valence-corrected chi connectivity index (χ4v) is 4.69. The Labute approximate surface area is 230 Å². The highest BCUT2D eigenvalue weighted by Crippen LogP contribution is 2.38. The molecule has 4 rings (SSSR count). The van der Waals surface area contributed by atoms with Crippen molar-refractivity contribution >= 4 is 71.0 Å². The van der Waals surface area contributed by atoms with E-state index in [1.165, 1.54) is 0 Å². The van der Waals surface area contributed by atoms with Crippen LogP contribution in [0.25, 0.3) is 0 Å². The summed E-state index contributed by atoms with van der Waals surface area (Å²) in [6, 6.07) is 7.91. The molecule has 0 amide bonds. The monoisotopic (exact) mass is 690 g/mol. The second-order valence-corrected chi connectivity index (χ2v) is 11.3. The second kappa shape index (κ2) is 12.8. The number of alkyl halides is 3. The molecule has 0 spiro atoms. The van der Waals surface area contributed by atoms with Crippen molar-refractivity contribution in [2.45, 2.75) is 64.4 Å². The van der Waals surface area contributed by atoms with Crippen molar-refractivity contribution in [3.05, 3.63) is 55.5 Å². The largest absolute Gasteiger partial charge is 0.462 e. The first kappa shape index (κ1) is 29.2. The van der Waals surface area contributed by atoms with Crippen LogP contribution >= 0.6 is 71.0 Å². The highest BCUT2D eigenvalue weighted by Gasteiger charge is 2.30. The van der Waals surface area contributed by atoms with E-state index in [1.54, 1.807) is 0 Å². The molecular formula is C23H27Br3Cl2O5. The van der Waals surface area contributed by atoms with E-state index in [9.17, 15) is 5.11 Å². The van der Waals surface area contributed by atoms with Gasteiger partial charge >= 0.3 is 0 Å². The van der Waals surface area contributed by atoms with Gasteiger partial charge in [-0.05, 0) is 24.3 Å². The quantitative estimate of drug-likeness (QED) is 0.323. The first-order chi connectivity index (χ1) is 15.4. The van der Waals surface area contributed by atoms with Crippen LogP contribution in [0.1, 0.15) is 49.9 Å². The fraction of sp³-hybridized carbons (Fsp3) is 0.478. The Bertz CT molecular complexity index is 844. The molecule has 2 heterocycles. The lowest BCUT2D eigenvalue weighted by molar-refractivity contribution is -0.181. The minimum absolute atomic E-state index is 0.0299. The van der Waals surface area contributed by atoms with Gasteiger partial charge in [0.05, 0.1) is 25.2 Å². The summed E-state index contributed by atoms with van der Waals surface area (Å²) in [5, 5.41) is 10.2. The van der Waals surface area contributed by atoms with Crippen molar-refractivity contribution in [2.24, 2.45) is 0 Å². The Morgan fingerprint density at radius 2 is 1.21 bits per heavy atom. The topological polar surface area (TPSA) is 57.2 Å². The summed E-state index contributed by atoms with van der Waals surface area (Å²) in [6.45, 7) is 8.65. The summed E-state index contributed by atoms with van der Waals surface area (Å²) < 4.78 is 24.6. The van der Waals surface area contributed by atoms with Gasteiger partial charge in [0.1, 0.15) is 11.5 Å². The Morgan fingerprint density at radius 1 is 0.818 bits per heavy atom. The SMILES string of the molecule is CC1(C)OCc2cc(Br)cc(CBr)c2O1.CC1(C)OCc2cc(Br)cc(CO)c2O1.ClCCl. The molecule has 33 heavy (non-hydrogen) atoms. The van der Waals surface area contributed by atoms with Crippen LogP contribution in [0.2, 0.25) is 0 Å². The molecule has 0 unspecified atom stereocenters. The molecule has 2 aromatic carbocycles. The summed E-state index contributed by atoms with van der Waals surface area (Å²) in [7, 11) is 0. The molecule has 0 saturated carbocycles. The number of aliphatic hydroxyl groups excluding tert-OH is 1. The van der Waals surface area contributed by atoms with Gasteiger partial charge in [0.2, 0.25) is 11.6 Å². The lowest BCUT2D eigenvalue weighted by atomic mass is 10.1. The minimum Gasteiger partial charge on any atom is -0.462 e. The van der Waals surface area contributed by atoms with E-state index in [0.29, 0.717) is 13.2 Å². The van der Waals surface area contributed by atoms with Crippen molar-refractivity contribution in [2.75, 3.05) is 5.34 Å². The third-order valence-corrected chi connectivity index (χ3v) is 6.10. The van der Waals surface area contributed by atoms with Gasteiger partial charge in [-0.15, -0.1) is 23.2 Å². The number of benzene rings is 2. The number of hydrogen-bond acceptors (Lipinski definition) is 5. The van der Waals surface area contributed by atoms with Crippen molar-refractivity contribution in [1.29, 1.82) is 0 Å². The number of aliphatic hydroxyl groups is 1. The summed E-state index contributed by atoms with van der Waals surface area (Å²) in [5.41, 5.74) is 4.00. The first-order valence-electron chi connectivity index (χ1n) is 10.0. The van der Waals surface area contributed by atoms with Gasteiger partial charge < -0.3 is 24.1 Å². The number of fused-ring (bicyclic) bond motifs is 2. The molecule has 2 aliphatic heterocycles. The van der Waals surface area contributed by atoms with Crippen molar-refractivity contribution in [1.82, 2.24) is 0 Å². The van der Waals surface area contributed by atoms with E-state index >= 15 is 0 Å². The molecule has 0 radical (unpaired) electrons. The number of halogens is 5. The molecule has 0 aromatic heterocycles. The lowest BCUT2D eigenvalue weighted by Crippen LogP contribution is -2.35. The molecule has 2 aliphatic rings. The van der Waals surface area contributed by atoms with Crippen LogP contribution in [-0.2, 0) is 34.6 Å². The van der Waals surface area contributed by atoms with Gasteiger partial charge in [-0.2, -0.15) is 0 Å². The van der Waals surface area contributed by atoms with Crippen LogP contribution in [0.5, 0.6) is 11.5 Å². The Balaban J connectivity index is 0.000000209. The van der Waals surface area contributed by atoms with Crippen LogP contribution < -0.4 is 9.47 Å². The van der Waals surface area contributed by atoms with E-state index in [0.717, 1.165) is 48.0 Å². The van der Waals surface area contributed by atoms with Gasteiger partial charge in [0, 0.05) is 64.2 Å². The van der Waals surface area contributed by atoms with Crippen molar-refractivity contribution in [3.63, 3.8) is 0 Å². The molecule has 10 heteroatoms. The zero-order valence-electron chi connectivity index (χ0n) is 18.8. The number of ether oxygens (including phenoxy) is 4. The number of hydrogen-bond donors (Lipinski definition) is 1. The summed E-state index contributed by atoms with van der Waals surface area (Å²) in [5.74, 6) is 0.547. The number of rotatable bonds is 2. The minimum atomic E-state index is -0.620. The predicted molar refractivity (Wildman–Crippen MR) is 142 cm³/mol. The highest BCUT2D eigenvalue weighted by atomic mass is 79.9. The van der Waals surface area contributed by atoms with E-state index in [-0.39, 0.29) is 11.9 Å². The van der Waals surface area contributed by atoms with Crippen LogP contribution in [0.3, 0.4) is 0 Å². The van der Waals surface area contributed by atoms with Gasteiger partial charge in [-0.1, -0.05) is 47.8 Å². The lowest BCUT2D eigenvalue weighted by Gasteiger charge is -2.33. The third kappa shape index (κ3) is 8.53. The highest BCUT2D eigenvalue weighted by molar-refractivity contribution is 9.10. The average molecular weight is 694 g/mol. The van der Waals surface area contributed by atoms with E-state index < -0.39 is 11.6 Å². The molecular weight excluding hydrogens is 667 g/mol. The fourth-order valence-electron chi connectivity index (χ4n) is 3.17. The Hall–Kier alpha value is -0.0600. The van der Waals surface area contributed by atoms with E-state index in [1.807, 2.05) is 45.9 Å². The summed E-state index contributed by atoms with van der Waals surface area (Å²) in [6.07, 6.45) is 0. The summed E-state index contributed by atoms with van der Waals surface area (Å²) in [4.78, 5) is 0. The molecule has 0 atom stereocenters. The van der Waals surface area contributed by atoms with E-state index in [2.05, 4.69) is 53.9 Å². The molecule has 0 bridgehead atoms. The maximum absolute atomic E-state index is 9.25. The van der Waals surface area contributed by atoms with E-state index in [4.69, 9.17) is 42.1 Å². The first-order valence-corrected chi connectivity index (χ1v) is 13.8. The molecule has 1 N–H and O–H groups in total. The zero-order valence-corrected chi connectivity index (χ0v) is 25.1. The molecule has 0 fully saturated rings. The standard InChI is InChI=1S/C11H12Br2O2.C11H13BrO3.CH2Cl2/c1-11(2)14-6-8-4-9(13)3-7(5-12)10(8)15-11;1-11(2)14-6-8-4-9(12)3-7(5-13)10(8)15-11;2-1-3/h3-4H,5-6H2,1-2H3;3-4,13H,5-6H2,1-2H3;1H2. The van der Waals surface area contributed by atoms with Gasteiger partial charge in [0.25, 0.3) is 0 Å². The zero-order chi connectivity index (χ0) is 24.8. The van der Waals surface area contributed by atoms with Gasteiger partial charge in [-0.3, -0.25) is 0 Å². The maximum Gasteiger partial charge on any atom is 0.205 e. The average Bonchev–Trinajstić information content (AvgIpc) is 2.73. The predicted octanol–water partition coefficient (Wildman–Crippen LogP) is 8.00. The third-order valence-electron chi connectivity index (χ3n) is 4.58. The van der Waals surface area contributed by atoms with Crippen molar-refractivity contribution in [3.8, 4) is 11.5 Å². The van der Waals surface area contributed by atoms with Gasteiger partial charge in [0.15, 0.2) is 0 Å². The van der Waals surface area contributed by atoms with Crippen LogP contribution in [0.4, 0.5) is 0 Å². The molecule has 5 nitrogen and oxygen atoms in total. The molecule has 0 saturated heterocycles. The molecule has 2 aromatic rings. The molecule has 0 aliphatic carbocycles. The van der Waals surface area contributed by atoms with Crippen LogP contribution in [-0.4, -0.2) is 22.0 Å². The van der Waals surface area contributed by atoms with Crippen LogP contribution in [0, 0.1) is 0 Å². The van der Waals surface area contributed by atoms with Gasteiger partial charge in [-0.25, -0.2) is 0 Å². The maximum atomic E-state index is 9.25. The Morgan fingerprint density at radius 3 is 1.61 bits per heavy atom. The van der Waals surface area contributed by atoms with Crippen molar-refractivity contribution < 1.29 is 24.1 Å². The second-order valence-electron chi connectivity index (χ2n) is 8.08. The molecule has 184 valence electrons. The smallest absolute Gasteiger partial charge is 0.205 e. The Kier molecular flexibility index (Phi) is 11.3. The van der Waals surface area contributed by atoms with Crippen LogP contribution in [0.15, 0.2) is 33.2 Å².